The molecule has 1 aromatic heterocycles. The van der Waals surface area contributed by atoms with Crippen LogP contribution in [0.4, 0.5) is 0 Å². The molecular formula is C14H24N2O4S. The van der Waals surface area contributed by atoms with Crippen molar-refractivity contribution >= 4 is 10.0 Å². The summed E-state index contributed by atoms with van der Waals surface area (Å²) in [5.74, 6) is 1.22. The Labute approximate surface area is 126 Å². The molecule has 1 aliphatic carbocycles. The summed E-state index contributed by atoms with van der Waals surface area (Å²) in [5, 5.41) is 13.5. The summed E-state index contributed by atoms with van der Waals surface area (Å²) in [6.07, 6.45) is 3.70. The van der Waals surface area contributed by atoms with Crippen LogP contribution in [0.15, 0.2) is 21.6 Å². The molecule has 120 valence electrons. The molecule has 0 spiro atoms. The van der Waals surface area contributed by atoms with E-state index in [-0.39, 0.29) is 5.09 Å². The van der Waals surface area contributed by atoms with Crippen LogP contribution in [-0.4, -0.2) is 32.7 Å². The Morgan fingerprint density at radius 1 is 1.38 bits per heavy atom. The molecule has 1 heterocycles. The summed E-state index contributed by atoms with van der Waals surface area (Å²) in [4.78, 5) is 0. The van der Waals surface area contributed by atoms with Crippen molar-refractivity contribution in [2.45, 2.75) is 49.8 Å². The van der Waals surface area contributed by atoms with Gasteiger partial charge in [0.25, 0.3) is 10.0 Å². The van der Waals surface area contributed by atoms with Gasteiger partial charge < -0.3 is 14.8 Å². The van der Waals surface area contributed by atoms with Gasteiger partial charge in [-0.05, 0) is 50.8 Å². The third kappa shape index (κ3) is 4.29. The Balaban J connectivity index is 1.84. The maximum absolute atomic E-state index is 11.6. The van der Waals surface area contributed by atoms with Gasteiger partial charge in [0.15, 0.2) is 0 Å². The molecule has 7 heteroatoms. The Hall–Kier alpha value is -0.890. The monoisotopic (exact) mass is 316 g/mol. The third-order valence-electron chi connectivity index (χ3n) is 4.13. The predicted octanol–water partition coefficient (Wildman–Crippen LogP) is 1.22. The average Bonchev–Trinajstić information content (AvgIpc) is 2.92. The van der Waals surface area contributed by atoms with Crippen LogP contribution in [0, 0.1) is 5.92 Å². The maximum Gasteiger partial charge on any atom is 0.273 e. The quantitative estimate of drug-likeness (QED) is 0.734. The van der Waals surface area contributed by atoms with Crippen molar-refractivity contribution in [1.29, 1.82) is 0 Å². The molecule has 0 amide bonds. The summed E-state index contributed by atoms with van der Waals surface area (Å²) in [7, 11) is -2.19. The summed E-state index contributed by atoms with van der Waals surface area (Å²) in [5.41, 5.74) is -0.654. The van der Waals surface area contributed by atoms with Crippen LogP contribution in [0.2, 0.25) is 0 Å². The summed E-state index contributed by atoms with van der Waals surface area (Å²) in [6.45, 7) is 3.10. The second kappa shape index (κ2) is 6.48. The molecule has 0 saturated heterocycles. The van der Waals surface area contributed by atoms with Crippen LogP contribution >= 0.6 is 0 Å². The van der Waals surface area contributed by atoms with E-state index in [0.29, 0.717) is 24.8 Å². The van der Waals surface area contributed by atoms with Gasteiger partial charge in [0.05, 0.1) is 12.1 Å². The van der Waals surface area contributed by atoms with E-state index in [1.165, 1.54) is 13.1 Å². The highest BCUT2D eigenvalue weighted by atomic mass is 32.2. The molecular weight excluding hydrogens is 292 g/mol. The minimum atomic E-state index is -3.53. The number of hydrogen-bond donors (Lipinski definition) is 3. The topological polar surface area (TPSA) is 91.6 Å². The highest BCUT2D eigenvalue weighted by Crippen LogP contribution is 2.31. The first-order valence-corrected chi connectivity index (χ1v) is 8.78. The molecule has 2 rings (SSSR count). The van der Waals surface area contributed by atoms with Gasteiger partial charge in [-0.1, -0.05) is 6.92 Å². The number of furan rings is 1. The fourth-order valence-electron chi connectivity index (χ4n) is 2.59. The van der Waals surface area contributed by atoms with Gasteiger partial charge in [-0.25, -0.2) is 13.1 Å². The second-order valence-corrected chi connectivity index (χ2v) is 7.76. The van der Waals surface area contributed by atoms with E-state index in [4.69, 9.17) is 4.42 Å². The Kier molecular flexibility index (Phi) is 5.08. The van der Waals surface area contributed by atoms with Gasteiger partial charge in [0, 0.05) is 6.54 Å². The van der Waals surface area contributed by atoms with E-state index in [9.17, 15) is 13.5 Å². The van der Waals surface area contributed by atoms with Crippen molar-refractivity contribution < 1.29 is 17.9 Å². The van der Waals surface area contributed by atoms with E-state index in [1.807, 2.05) is 0 Å². The zero-order chi connectivity index (χ0) is 15.5. The third-order valence-corrected chi connectivity index (χ3v) is 5.42. The molecule has 6 nitrogen and oxygen atoms in total. The molecule has 1 aliphatic rings. The van der Waals surface area contributed by atoms with E-state index < -0.39 is 15.6 Å². The fraction of sp³-hybridized carbons (Fsp3) is 0.714. The summed E-state index contributed by atoms with van der Waals surface area (Å²) < 4.78 is 30.6. The largest absolute Gasteiger partial charge is 0.447 e. The number of nitrogens with one attached hydrogen (secondary N) is 2. The first-order chi connectivity index (χ1) is 9.85. The van der Waals surface area contributed by atoms with Gasteiger partial charge in [-0.3, -0.25) is 0 Å². The molecule has 0 aromatic carbocycles. The van der Waals surface area contributed by atoms with Crippen molar-refractivity contribution in [2.24, 2.45) is 5.92 Å². The molecule has 0 radical (unpaired) electrons. The van der Waals surface area contributed by atoms with E-state index in [1.54, 1.807) is 6.07 Å². The minimum Gasteiger partial charge on any atom is -0.447 e. The van der Waals surface area contributed by atoms with E-state index in [2.05, 4.69) is 17.0 Å². The number of sulfonamides is 1. The minimum absolute atomic E-state index is 0.0907. The zero-order valence-corrected chi connectivity index (χ0v) is 13.4. The number of aliphatic hydroxyl groups is 1. The van der Waals surface area contributed by atoms with Crippen LogP contribution < -0.4 is 10.0 Å². The lowest BCUT2D eigenvalue weighted by Crippen LogP contribution is -2.43. The standard InChI is InChI=1S/C14H24N2O4S/c1-11-5-7-14(17,8-6-11)10-16-9-12-3-4-13(20-12)21(18,19)15-2/h3-4,11,15-17H,5-10H2,1-2H3. The van der Waals surface area contributed by atoms with Gasteiger partial charge in [0.1, 0.15) is 5.76 Å². The second-order valence-electron chi connectivity index (χ2n) is 5.94. The predicted molar refractivity (Wildman–Crippen MR) is 79.2 cm³/mol. The molecule has 0 aliphatic heterocycles. The first-order valence-electron chi connectivity index (χ1n) is 7.30. The number of hydrogen-bond acceptors (Lipinski definition) is 5. The smallest absolute Gasteiger partial charge is 0.273 e. The molecule has 1 aromatic rings. The molecule has 3 N–H and O–H groups in total. The normalized spacial score (nSPS) is 26.9. The van der Waals surface area contributed by atoms with Gasteiger partial charge in [-0.15, -0.1) is 0 Å². The van der Waals surface area contributed by atoms with Crippen LogP contribution in [0.5, 0.6) is 0 Å². The van der Waals surface area contributed by atoms with Crippen LogP contribution in [0.1, 0.15) is 38.4 Å². The maximum atomic E-state index is 11.6. The Morgan fingerprint density at radius 2 is 2.05 bits per heavy atom. The van der Waals surface area contributed by atoms with Gasteiger partial charge >= 0.3 is 0 Å². The lowest BCUT2D eigenvalue weighted by atomic mass is 9.79. The van der Waals surface area contributed by atoms with Crippen LogP contribution in [-0.2, 0) is 16.6 Å². The van der Waals surface area contributed by atoms with Crippen molar-refractivity contribution in [3.63, 3.8) is 0 Å². The van der Waals surface area contributed by atoms with Crippen LogP contribution in [0.3, 0.4) is 0 Å². The molecule has 21 heavy (non-hydrogen) atoms. The van der Waals surface area contributed by atoms with Crippen molar-refractivity contribution in [1.82, 2.24) is 10.0 Å². The summed E-state index contributed by atoms with van der Waals surface area (Å²) in [6, 6.07) is 3.06. The lowest BCUT2D eigenvalue weighted by molar-refractivity contribution is -0.00661. The van der Waals surface area contributed by atoms with Crippen molar-refractivity contribution in [3.05, 3.63) is 17.9 Å². The van der Waals surface area contributed by atoms with Gasteiger partial charge in [-0.2, -0.15) is 0 Å². The molecule has 1 saturated carbocycles. The van der Waals surface area contributed by atoms with Crippen LogP contribution in [0.25, 0.3) is 0 Å². The molecule has 0 unspecified atom stereocenters. The molecule has 1 fully saturated rings. The van der Waals surface area contributed by atoms with Gasteiger partial charge in [0.2, 0.25) is 5.09 Å². The van der Waals surface area contributed by atoms with E-state index >= 15 is 0 Å². The molecule has 0 atom stereocenters. The number of rotatable bonds is 6. The Morgan fingerprint density at radius 3 is 2.67 bits per heavy atom. The lowest BCUT2D eigenvalue weighted by Gasteiger charge is -2.35. The van der Waals surface area contributed by atoms with E-state index in [0.717, 1.165) is 25.7 Å². The van der Waals surface area contributed by atoms with Crippen molar-refractivity contribution in [2.75, 3.05) is 13.6 Å². The van der Waals surface area contributed by atoms with Crippen molar-refractivity contribution in [3.8, 4) is 0 Å². The average molecular weight is 316 g/mol. The SMILES string of the molecule is CNS(=O)(=O)c1ccc(CNCC2(O)CCC(C)CC2)o1. The summed E-state index contributed by atoms with van der Waals surface area (Å²) >= 11 is 0. The zero-order valence-electron chi connectivity index (χ0n) is 12.6. The molecule has 0 bridgehead atoms. The highest BCUT2D eigenvalue weighted by molar-refractivity contribution is 7.89. The fourth-order valence-corrected chi connectivity index (χ4v) is 3.26. The highest BCUT2D eigenvalue weighted by Gasteiger charge is 2.31. The Bertz CT molecular complexity index is 559. The first kappa shape index (κ1) is 16.5.